The van der Waals surface area contributed by atoms with Crippen LogP contribution in [0.1, 0.15) is 5.56 Å². The minimum Gasteiger partial charge on any atom is -0.433 e. The lowest BCUT2D eigenvalue weighted by Crippen LogP contribution is -2.63. The molecule has 2 N–H and O–H groups in total. The summed E-state index contributed by atoms with van der Waals surface area (Å²) in [6, 6.07) is 5.31. The van der Waals surface area contributed by atoms with E-state index in [-0.39, 0.29) is 12.3 Å². The van der Waals surface area contributed by atoms with E-state index in [1.807, 2.05) is 0 Å². The van der Waals surface area contributed by atoms with E-state index in [0.29, 0.717) is 5.56 Å². The second-order valence-electron chi connectivity index (χ2n) is 5.40. The van der Waals surface area contributed by atoms with Crippen LogP contribution in [0.5, 0.6) is 0 Å². The van der Waals surface area contributed by atoms with E-state index in [9.17, 15) is 28.1 Å². The summed E-state index contributed by atoms with van der Waals surface area (Å²) in [5, 5.41) is 20.2. The van der Waals surface area contributed by atoms with Gasteiger partial charge in [0.05, 0.1) is 17.3 Å². The monoisotopic (exact) mass is 388 g/mol. The van der Waals surface area contributed by atoms with Crippen LogP contribution in [0.25, 0.3) is 0 Å². The summed E-state index contributed by atoms with van der Waals surface area (Å²) < 4.78 is 33.2. The van der Waals surface area contributed by atoms with Crippen LogP contribution in [0.3, 0.4) is 0 Å². The minimum absolute atomic E-state index is 0.109. The number of aliphatic hydroxyl groups is 1. The van der Waals surface area contributed by atoms with Crippen LogP contribution in [0.15, 0.2) is 24.3 Å². The highest BCUT2D eigenvalue weighted by Crippen LogP contribution is 2.21. The number of nitro benzene ring substituents is 1. The van der Waals surface area contributed by atoms with Crippen LogP contribution in [-0.4, -0.2) is 54.9 Å². The fraction of sp³-hybridized carbons (Fsp3) is 0.429. The Kier molecular flexibility index (Phi) is 6.10. The summed E-state index contributed by atoms with van der Waals surface area (Å²) in [5.41, 5.74) is 0.375. The Hall–Kier alpha value is -2.73. The Balaban J connectivity index is 1.81. The number of hydrogen-bond donors (Lipinski definition) is 2. The van der Waals surface area contributed by atoms with Gasteiger partial charge in [-0.15, -0.1) is 0 Å². The number of aliphatic hydroxyl groups excluding tert-OH is 1. The molecule has 2 atom stereocenters. The number of hydrogen-bond acceptors (Lipinski definition) is 9. The summed E-state index contributed by atoms with van der Waals surface area (Å²) in [4.78, 5) is 33.0. The number of nitro groups is 1. The van der Waals surface area contributed by atoms with Crippen LogP contribution >= 0.6 is 0 Å². The molecule has 0 aliphatic carbocycles. The number of amides is 1. The molecule has 2 rings (SSSR count). The highest BCUT2D eigenvalue weighted by Gasteiger charge is 2.47. The number of β-lactam (4-membered cyclic amide) rings is 1. The van der Waals surface area contributed by atoms with Gasteiger partial charge in [-0.1, -0.05) is 0 Å². The predicted octanol–water partition coefficient (Wildman–Crippen LogP) is -0.273. The van der Waals surface area contributed by atoms with Crippen LogP contribution < -0.4 is 5.32 Å². The number of non-ortho nitro benzene ring substituents is 1. The van der Waals surface area contributed by atoms with E-state index >= 15 is 0 Å². The van der Waals surface area contributed by atoms with Gasteiger partial charge in [-0.25, -0.2) is 13.2 Å². The first-order chi connectivity index (χ1) is 12.2. The average Bonchev–Trinajstić information content (AvgIpc) is 2.58. The molecule has 1 fully saturated rings. The summed E-state index contributed by atoms with van der Waals surface area (Å²) in [7, 11) is -3.74. The Morgan fingerprint density at radius 2 is 1.92 bits per heavy atom. The first-order valence-corrected chi connectivity index (χ1v) is 9.12. The molecule has 11 nitrogen and oxygen atoms in total. The largest absolute Gasteiger partial charge is 0.508 e. The molecule has 0 unspecified atom stereocenters. The third kappa shape index (κ3) is 4.67. The molecule has 0 spiro atoms. The molecule has 1 amide bonds. The van der Waals surface area contributed by atoms with Crippen molar-refractivity contribution in [1.29, 1.82) is 0 Å². The number of carbonyl (C=O) groups is 2. The zero-order chi connectivity index (χ0) is 19.3. The SMILES string of the molecule is O=C(OCc1ccc([N+](=O)[O-])cc1)OC[C@H]1C(=O)N[C@@H]1S(=O)(=O)CCO. The molecule has 1 aromatic rings. The Morgan fingerprint density at radius 1 is 1.27 bits per heavy atom. The maximum atomic E-state index is 11.8. The Morgan fingerprint density at radius 3 is 2.46 bits per heavy atom. The molecule has 12 heteroatoms. The lowest BCUT2D eigenvalue weighted by Gasteiger charge is -2.35. The Labute approximate surface area is 148 Å². The molecule has 0 saturated carbocycles. The van der Waals surface area contributed by atoms with E-state index in [2.05, 4.69) is 5.32 Å². The van der Waals surface area contributed by atoms with Crippen molar-refractivity contribution < 1.29 is 37.5 Å². The first-order valence-electron chi connectivity index (χ1n) is 7.40. The van der Waals surface area contributed by atoms with Crippen molar-refractivity contribution in [2.75, 3.05) is 19.0 Å². The molecular formula is C14H16N2O9S. The van der Waals surface area contributed by atoms with E-state index in [1.54, 1.807) is 0 Å². The van der Waals surface area contributed by atoms with Gasteiger partial charge in [0.15, 0.2) is 9.84 Å². The van der Waals surface area contributed by atoms with Crippen molar-refractivity contribution in [3.8, 4) is 0 Å². The second-order valence-corrected chi connectivity index (χ2v) is 7.64. The van der Waals surface area contributed by atoms with Gasteiger partial charge in [0.1, 0.15) is 24.5 Å². The second kappa shape index (κ2) is 8.10. The fourth-order valence-electron chi connectivity index (χ4n) is 2.20. The number of carbonyl (C=O) groups excluding carboxylic acids is 2. The van der Waals surface area contributed by atoms with Gasteiger partial charge in [-0.2, -0.15) is 0 Å². The van der Waals surface area contributed by atoms with Crippen molar-refractivity contribution in [2.24, 2.45) is 5.92 Å². The first kappa shape index (κ1) is 19.6. The van der Waals surface area contributed by atoms with Crippen molar-refractivity contribution in [2.45, 2.75) is 12.0 Å². The molecule has 1 aromatic carbocycles. The molecule has 1 saturated heterocycles. The molecular weight excluding hydrogens is 372 g/mol. The number of rotatable bonds is 8. The highest BCUT2D eigenvalue weighted by atomic mass is 32.2. The van der Waals surface area contributed by atoms with E-state index in [1.165, 1.54) is 24.3 Å². The number of benzene rings is 1. The summed E-state index contributed by atoms with van der Waals surface area (Å²) in [6.45, 7) is -1.28. The summed E-state index contributed by atoms with van der Waals surface area (Å²) in [5.74, 6) is -2.17. The number of nitrogens with one attached hydrogen (secondary N) is 1. The predicted molar refractivity (Wildman–Crippen MR) is 85.5 cm³/mol. The number of nitrogens with zero attached hydrogens (tertiary/aromatic N) is 1. The topological polar surface area (TPSA) is 162 Å². The van der Waals surface area contributed by atoms with Gasteiger partial charge >= 0.3 is 6.16 Å². The van der Waals surface area contributed by atoms with Crippen LogP contribution in [-0.2, 0) is 30.7 Å². The van der Waals surface area contributed by atoms with Crippen molar-refractivity contribution in [3.63, 3.8) is 0 Å². The number of ether oxygens (including phenoxy) is 2. The van der Waals surface area contributed by atoms with Crippen molar-refractivity contribution in [1.82, 2.24) is 5.32 Å². The number of sulfone groups is 1. The fourth-order valence-corrected chi connectivity index (χ4v) is 3.71. The maximum Gasteiger partial charge on any atom is 0.508 e. The molecule has 1 aliphatic heterocycles. The van der Waals surface area contributed by atoms with Gasteiger partial charge in [0.2, 0.25) is 5.91 Å². The average molecular weight is 388 g/mol. The molecule has 1 aliphatic rings. The summed E-state index contributed by atoms with van der Waals surface area (Å²) >= 11 is 0. The van der Waals surface area contributed by atoms with Crippen molar-refractivity contribution in [3.05, 3.63) is 39.9 Å². The lowest BCUT2D eigenvalue weighted by molar-refractivity contribution is -0.384. The van der Waals surface area contributed by atoms with Crippen LogP contribution in [0.4, 0.5) is 10.5 Å². The molecule has 26 heavy (non-hydrogen) atoms. The normalized spacial score (nSPS) is 19.2. The zero-order valence-electron chi connectivity index (χ0n) is 13.4. The highest BCUT2D eigenvalue weighted by molar-refractivity contribution is 7.92. The van der Waals surface area contributed by atoms with Crippen molar-refractivity contribution >= 4 is 27.6 Å². The quantitative estimate of drug-likeness (QED) is 0.264. The van der Waals surface area contributed by atoms with Gasteiger partial charge in [0.25, 0.3) is 5.69 Å². The maximum absolute atomic E-state index is 11.8. The molecule has 142 valence electrons. The molecule has 1 heterocycles. The molecule has 0 aromatic heterocycles. The van der Waals surface area contributed by atoms with Crippen LogP contribution in [0.2, 0.25) is 0 Å². The van der Waals surface area contributed by atoms with E-state index < -0.39 is 57.1 Å². The van der Waals surface area contributed by atoms with E-state index in [0.717, 1.165) is 0 Å². The standard InChI is InChI=1S/C14H16N2O9S/c17-5-6-26(22,23)13-11(12(18)15-13)8-25-14(19)24-7-9-1-3-10(4-2-9)16(20)21/h1-4,11,13,17H,5-8H2,(H,15,18)/t11-,13+/m0/s1. The summed E-state index contributed by atoms with van der Waals surface area (Å²) in [6.07, 6.45) is -1.11. The minimum atomic E-state index is -3.74. The van der Waals surface area contributed by atoms with Gasteiger partial charge < -0.3 is 19.9 Å². The van der Waals surface area contributed by atoms with E-state index in [4.69, 9.17) is 14.6 Å². The lowest BCUT2D eigenvalue weighted by atomic mass is 10.0. The van der Waals surface area contributed by atoms with Gasteiger partial charge in [0, 0.05) is 12.1 Å². The zero-order valence-corrected chi connectivity index (χ0v) is 14.2. The smallest absolute Gasteiger partial charge is 0.433 e. The molecule has 0 radical (unpaired) electrons. The molecule has 0 bridgehead atoms. The van der Waals surface area contributed by atoms with Gasteiger partial charge in [-0.3, -0.25) is 14.9 Å². The third-order valence-electron chi connectivity index (χ3n) is 3.63. The van der Waals surface area contributed by atoms with Gasteiger partial charge in [-0.05, 0) is 17.7 Å². The Bertz CT molecular complexity index is 791. The van der Waals surface area contributed by atoms with Crippen LogP contribution in [0, 0.1) is 16.0 Å². The third-order valence-corrected chi connectivity index (χ3v) is 5.61.